The largest absolute Gasteiger partial charge is 0.497 e. The van der Waals surface area contributed by atoms with Crippen LogP contribution >= 0.6 is 0 Å². The molecule has 0 spiro atoms. The average Bonchev–Trinajstić information content (AvgIpc) is 3.05. The van der Waals surface area contributed by atoms with Gasteiger partial charge in [-0.25, -0.2) is 0 Å². The minimum absolute atomic E-state index is 0.0425. The number of amides is 2. The van der Waals surface area contributed by atoms with Crippen molar-refractivity contribution < 1.29 is 19.1 Å². The van der Waals surface area contributed by atoms with Crippen molar-refractivity contribution in [2.45, 2.75) is 25.8 Å². The van der Waals surface area contributed by atoms with Crippen molar-refractivity contribution in [1.29, 1.82) is 0 Å². The zero-order valence-electron chi connectivity index (χ0n) is 15.1. The molecule has 0 bridgehead atoms. The first kappa shape index (κ1) is 19.1. The summed E-state index contributed by atoms with van der Waals surface area (Å²) in [6.45, 7) is 3.51. The number of nitrogens with zero attached hydrogens (tertiary/aromatic N) is 1. The van der Waals surface area contributed by atoms with Gasteiger partial charge in [-0.2, -0.15) is 0 Å². The van der Waals surface area contributed by atoms with Gasteiger partial charge >= 0.3 is 0 Å². The summed E-state index contributed by atoms with van der Waals surface area (Å²) < 4.78 is 10.8. The van der Waals surface area contributed by atoms with Crippen LogP contribution in [0.1, 0.15) is 31.4 Å². The molecule has 1 atom stereocenters. The number of carbonyl (C=O) groups is 2. The van der Waals surface area contributed by atoms with Gasteiger partial charge in [0.05, 0.1) is 20.8 Å². The Morgan fingerprint density at radius 3 is 2.64 bits per heavy atom. The predicted molar refractivity (Wildman–Crippen MR) is 94.8 cm³/mol. The fraction of sp³-hybridized carbons (Fsp3) is 0.556. The van der Waals surface area contributed by atoms with Crippen LogP contribution in [-0.2, 0) is 9.59 Å². The maximum absolute atomic E-state index is 12.2. The molecule has 2 N–H and O–H groups in total. The maximum Gasteiger partial charge on any atom is 0.234 e. The lowest BCUT2D eigenvalue weighted by atomic mass is 10.0. The molecule has 0 aliphatic carbocycles. The van der Waals surface area contributed by atoms with E-state index in [9.17, 15) is 9.59 Å². The van der Waals surface area contributed by atoms with Gasteiger partial charge in [0.25, 0.3) is 0 Å². The molecule has 7 nitrogen and oxygen atoms in total. The SMILES string of the molecule is COc1ccc(OC)c([C@@H]2CCCN2CC(=O)NCCNC(C)=O)c1. The molecule has 1 fully saturated rings. The zero-order chi connectivity index (χ0) is 18.2. The second kappa shape index (κ2) is 9.27. The van der Waals surface area contributed by atoms with Gasteiger partial charge < -0.3 is 20.1 Å². The number of likely N-dealkylation sites (tertiary alicyclic amines) is 1. The van der Waals surface area contributed by atoms with E-state index in [-0.39, 0.29) is 17.9 Å². The molecule has 1 aromatic carbocycles. The Morgan fingerprint density at radius 1 is 1.20 bits per heavy atom. The summed E-state index contributed by atoms with van der Waals surface area (Å²) >= 11 is 0. The standard InChI is InChI=1S/C18H27N3O4/c1-13(22)19-8-9-20-18(23)12-21-10-4-5-16(21)15-11-14(24-2)6-7-17(15)25-3/h6-7,11,16H,4-5,8-10,12H2,1-3H3,(H,19,22)(H,20,23)/t16-/m0/s1. The molecule has 0 radical (unpaired) electrons. The van der Waals surface area contributed by atoms with Gasteiger partial charge in [-0.3, -0.25) is 14.5 Å². The first-order valence-electron chi connectivity index (χ1n) is 8.52. The smallest absolute Gasteiger partial charge is 0.234 e. The second-order valence-electron chi connectivity index (χ2n) is 6.07. The van der Waals surface area contributed by atoms with Crippen molar-refractivity contribution in [3.8, 4) is 11.5 Å². The van der Waals surface area contributed by atoms with Gasteiger partial charge in [-0.05, 0) is 37.6 Å². The highest BCUT2D eigenvalue weighted by Crippen LogP contribution is 2.38. The fourth-order valence-electron chi connectivity index (χ4n) is 3.15. The van der Waals surface area contributed by atoms with Crippen molar-refractivity contribution in [1.82, 2.24) is 15.5 Å². The second-order valence-corrected chi connectivity index (χ2v) is 6.07. The van der Waals surface area contributed by atoms with Gasteiger partial charge in [0, 0.05) is 31.6 Å². The highest BCUT2D eigenvalue weighted by atomic mass is 16.5. The van der Waals surface area contributed by atoms with Gasteiger partial charge in [0.15, 0.2) is 0 Å². The van der Waals surface area contributed by atoms with E-state index in [2.05, 4.69) is 15.5 Å². The molecular weight excluding hydrogens is 322 g/mol. The van der Waals surface area contributed by atoms with Crippen LogP contribution in [0.4, 0.5) is 0 Å². The van der Waals surface area contributed by atoms with Crippen LogP contribution in [0.3, 0.4) is 0 Å². The summed E-state index contributed by atoms with van der Waals surface area (Å²) in [5.41, 5.74) is 1.05. The molecule has 138 valence electrons. The van der Waals surface area contributed by atoms with Gasteiger partial charge in [-0.1, -0.05) is 0 Å². The minimum Gasteiger partial charge on any atom is -0.497 e. The van der Waals surface area contributed by atoms with E-state index < -0.39 is 0 Å². The van der Waals surface area contributed by atoms with Crippen LogP contribution in [0.5, 0.6) is 11.5 Å². The van der Waals surface area contributed by atoms with Crippen LogP contribution < -0.4 is 20.1 Å². The van der Waals surface area contributed by atoms with E-state index in [0.717, 1.165) is 36.4 Å². The first-order valence-corrected chi connectivity index (χ1v) is 8.52. The molecule has 1 aliphatic rings. The third-order valence-corrected chi connectivity index (χ3v) is 4.33. The van der Waals surface area contributed by atoms with Crippen LogP contribution in [0.2, 0.25) is 0 Å². The molecule has 1 saturated heterocycles. The summed E-state index contributed by atoms with van der Waals surface area (Å²) in [4.78, 5) is 25.2. The Kier molecular flexibility index (Phi) is 7.06. The number of ether oxygens (including phenoxy) is 2. The minimum atomic E-state index is -0.0982. The van der Waals surface area contributed by atoms with E-state index in [4.69, 9.17) is 9.47 Å². The number of hydrogen-bond donors (Lipinski definition) is 2. The lowest BCUT2D eigenvalue weighted by Crippen LogP contribution is -2.40. The molecular formula is C18H27N3O4. The van der Waals surface area contributed by atoms with E-state index >= 15 is 0 Å². The molecule has 25 heavy (non-hydrogen) atoms. The fourth-order valence-corrected chi connectivity index (χ4v) is 3.15. The maximum atomic E-state index is 12.2. The first-order chi connectivity index (χ1) is 12.0. The quantitative estimate of drug-likeness (QED) is 0.687. The van der Waals surface area contributed by atoms with Gasteiger partial charge in [0.2, 0.25) is 11.8 Å². The molecule has 1 aliphatic heterocycles. The summed E-state index contributed by atoms with van der Waals surface area (Å²) in [6.07, 6.45) is 2.01. The number of hydrogen-bond acceptors (Lipinski definition) is 5. The highest BCUT2D eigenvalue weighted by molar-refractivity contribution is 5.78. The third-order valence-electron chi connectivity index (χ3n) is 4.33. The molecule has 0 saturated carbocycles. The summed E-state index contributed by atoms with van der Waals surface area (Å²) in [5.74, 6) is 1.45. The van der Waals surface area contributed by atoms with E-state index in [0.29, 0.717) is 19.6 Å². The molecule has 7 heteroatoms. The normalized spacial score (nSPS) is 17.2. The average molecular weight is 349 g/mol. The molecule has 0 aromatic heterocycles. The Labute approximate surface area is 148 Å². The van der Waals surface area contributed by atoms with E-state index in [1.807, 2.05) is 18.2 Å². The van der Waals surface area contributed by atoms with Crippen LogP contribution in [0.25, 0.3) is 0 Å². The molecule has 1 heterocycles. The van der Waals surface area contributed by atoms with Crippen LogP contribution in [0.15, 0.2) is 18.2 Å². The van der Waals surface area contributed by atoms with Crippen LogP contribution in [-0.4, -0.2) is 57.1 Å². The Bertz CT molecular complexity index is 606. The summed E-state index contributed by atoms with van der Waals surface area (Å²) in [6, 6.07) is 5.89. The van der Waals surface area contributed by atoms with E-state index in [1.54, 1.807) is 14.2 Å². The summed E-state index contributed by atoms with van der Waals surface area (Å²) in [7, 11) is 3.29. The highest BCUT2D eigenvalue weighted by Gasteiger charge is 2.30. The molecule has 0 unspecified atom stereocenters. The Hall–Kier alpha value is -2.28. The summed E-state index contributed by atoms with van der Waals surface area (Å²) in [5, 5.41) is 5.50. The van der Waals surface area contributed by atoms with Gasteiger partial charge in [0.1, 0.15) is 11.5 Å². The lowest BCUT2D eigenvalue weighted by Gasteiger charge is -2.26. The Balaban J connectivity index is 1.98. The predicted octanol–water partition coefficient (Wildman–Crippen LogP) is 1.09. The van der Waals surface area contributed by atoms with Crippen LogP contribution in [0, 0.1) is 0 Å². The molecule has 2 amide bonds. The van der Waals surface area contributed by atoms with Crippen molar-refractivity contribution in [2.75, 3.05) is 40.4 Å². The topological polar surface area (TPSA) is 79.9 Å². The number of rotatable bonds is 8. The molecule has 2 rings (SSSR count). The van der Waals surface area contributed by atoms with Crippen molar-refractivity contribution in [3.05, 3.63) is 23.8 Å². The number of nitrogens with one attached hydrogen (secondary N) is 2. The van der Waals surface area contributed by atoms with Crippen molar-refractivity contribution in [3.63, 3.8) is 0 Å². The number of methoxy groups -OCH3 is 2. The van der Waals surface area contributed by atoms with Crippen molar-refractivity contribution in [2.24, 2.45) is 0 Å². The lowest BCUT2D eigenvalue weighted by molar-refractivity contribution is -0.123. The zero-order valence-corrected chi connectivity index (χ0v) is 15.1. The monoisotopic (exact) mass is 349 g/mol. The van der Waals surface area contributed by atoms with Crippen molar-refractivity contribution >= 4 is 11.8 Å². The molecule has 1 aromatic rings. The van der Waals surface area contributed by atoms with E-state index in [1.165, 1.54) is 6.92 Å². The number of carbonyl (C=O) groups excluding carboxylic acids is 2. The Morgan fingerprint density at radius 2 is 1.96 bits per heavy atom. The third kappa shape index (κ3) is 5.35. The van der Waals surface area contributed by atoms with Gasteiger partial charge in [-0.15, -0.1) is 0 Å². The number of benzene rings is 1.